The molecule has 14 heteroatoms. The van der Waals surface area contributed by atoms with E-state index in [9.17, 15) is 29.1 Å². The molecule has 3 rings (SSSR count). The second-order valence-corrected chi connectivity index (χ2v) is 9.58. The minimum Gasteiger partial charge on any atom is -0.472 e. The summed E-state index contributed by atoms with van der Waals surface area (Å²) in [5, 5.41) is 9.99. The first-order valence-electron chi connectivity index (χ1n) is 12.4. The first-order chi connectivity index (χ1) is 18.4. The maximum atomic E-state index is 12.4. The van der Waals surface area contributed by atoms with E-state index in [1.165, 1.54) is 20.3 Å². The van der Waals surface area contributed by atoms with E-state index in [-0.39, 0.29) is 11.5 Å². The number of hydrogen-bond acceptors (Lipinski definition) is 14. The molecule has 1 aliphatic carbocycles. The molecule has 0 aromatic rings. The summed E-state index contributed by atoms with van der Waals surface area (Å²) in [6, 6.07) is 0. The molecule has 0 bridgehead atoms. The Balaban J connectivity index is 1.97. The molecule has 1 saturated carbocycles. The fourth-order valence-electron chi connectivity index (χ4n) is 5.38. The molecule has 218 valence electrons. The molecular formula is C25H34O14. The zero-order valence-electron chi connectivity index (χ0n) is 22.5. The van der Waals surface area contributed by atoms with Crippen LogP contribution in [0.2, 0.25) is 0 Å². The van der Waals surface area contributed by atoms with E-state index in [1.54, 1.807) is 6.92 Å². The molecule has 0 radical (unpaired) electrons. The van der Waals surface area contributed by atoms with Crippen LogP contribution < -0.4 is 0 Å². The Kier molecular flexibility index (Phi) is 9.91. The molecule has 2 aliphatic heterocycles. The van der Waals surface area contributed by atoms with Gasteiger partial charge in [-0.3, -0.25) is 19.2 Å². The summed E-state index contributed by atoms with van der Waals surface area (Å²) < 4.78 is 44.1. The number of carbonyl (C=O) groups excluding carboxylic acids is 5. The van der Waals surface area contributed by atoms with Gasteiger partial charge in [-0.1, -0.05) is 6.92 Å². The highest BCUT2D eigenvalue weighted by Gasteiger charge is 2.57. The largest absolute Gasteiger partial charge is 0.472 e. The van der Waals surface area contributed by atoms with Gasteiger partial charge in [0.1, 0.15) is 12.2 Å². The molecule has 1 N–H and O–H groups in total. The van der Waals surface area contributed by atoms with Gasteiger partial charge in [-0.2, -0.15) is 0 Å². The molecule has 3 aliphatic rings. The summed E-state index contributed by atoms with van der Waals surface area (Å²) in [5.41, 5.74) is 0.228. The lowest BCUT2D eigenvalue weighted by Gasteiger charge is -2.45. The highest BCUT2D eigenvalue weighted by molar-refractivity contribution is 5.89. The Morgan fingerprint density at radius 1 is 0.872 bits per heavy atom. The fraction of sp³-hybridized carbons (Fsp3) is 0.720. The molecule has 0 aromatic carbocycles. The van der Waals surface area contributed by atoms with Crippen LogP contribution >= 0.6 is 0 Å². The minimum absolute atomic E-state index is 0.228. The summed E-state index contributed by atoms with van der Waals surface area (Å²) in [7, 11) is 1.23. The van der Waals surface area contributed by atoms with Crippen molar-refractivity contribution in [1.82, 2.24) is 0 Å². The van der Waals surface area contributed by atoms with Crippen LogP contribution in [0.15, 0.2) is 11.8 Å². The standard InChI is InChI=1S/C25H34O14/c1-10-17(34-11(2)27)7-15-16(23(31)32-6)9-33-24(19(10)15)39-25-22(37-14(5)30)21(36-13(4)29)20(35-12(3)28)18(8-26)38-25/h9-10,15,17-22,24-26H,7-8H2,1-6H3/t10-,15+,17-,18+,19+,20+,21-,22+,24-,25-/m0/s1. The Bertz CT molecular complexity index is 991. The molecule has 10 atom stereocenters. The number of carbonyl (C=O) groups is 5. The van der Waals surface area contributed by atoms with Gasteiger partial charge in [-0.15, -0.1) is 0 Å². The van der Waals surface area contributed by atoms with Crippen molar-refractivity contribution in [3.63, 3.8) is 0 Å². The SMILES string of the molecule is COC(=O)C1=CO[C@@H](O[C@@H]2O[C@H](CO)[C@@H](OC(C)=O)[C@H](OC(C)=O)[C@H]2OC(C)=O)[C@@H]2[C@@H](C)[C@@H](OC(C)=O)C[C@H]12. The van der Waals surface area contributed by atoms with Gasteiger partial charge >= 0.3 is 29.8 Å². The second-order valence-electron chi connectivity index (χ2n) is 9.58. The lowest BCUT2D eigenvalue weighted by Crippen LogP contribution is -2.63. The molecule has 14 nitrogen and oxygen atoms in total. The van der Waals surface area contributed by atoms with Crippen LogP contribution in [0.5, 0.6) is 0 Å². The monoisotopic (exact) mass is 558 g/mol. The normalized spacial score (nSPS) is 35.4. The van der Waals surface area contributed by atoms with Gasteiger partial charge in [0, 0.05) is 45.4 Å². The van der Waals surface area contributed by atoms with Gasteiger partial charge in [0.25, 0.3) is 0 Å². The van der Waals surface area contributed by atoms with Crippen molar-refractivity contribution >= 4 is 29.8 Å². The van der Waals surface area contributed by atoms with Crippen LogP contribution in [-0.4, -0.2) is 91.8 Å². The third kappa shape index (κ3) is 6.86. The van der Waals surface area contributed by atoms with Crippen LogP contribution in [0, 0.1) is 17.8 Å². The smallest absolute Gasteiger partial charge is 0.337 e. The number of aliphatic hydroxyl groups excluding tert-OH is 1. The maximum Gasteiger partial charge on any atom is 0.337 e. The van der Waals surface area contributed by atoms with Crippen molar-refractivity contribution in [2.75, 3.05) is 13.7 Å². The molecule has 0 amide bonds. The number of aliphatic hydroxyl groups is 1. The second kappa shape index (κ2) is 12.7. The van der Waals surface area contributed by atoms with Crippen LogP contribution in [-0.2, 0) is 61.9 Å². The van der Waals surface area contributed by atoms with Crippen LogP contribution in [0.3, 0.4) is 0 Å². The summed E-state index contributed by atoms with van der Waals surface area (Å²) in [6.07, 6.45) is -7.07. The van der Waals surface area contributed by atoms with Crippen molar-refractivity contribution in [2.24, 2.45) is 17.8 Å². The van der Waals surface area contributed by atoms with Crippen LogP contribution in [0.4, 0.5) is 0 Å². The molecule has 1 saturated heterocycles. The quantitative estimate of drug-likeness (QED) is 0.314. The van der Waals surface area contributed by atoms with Crippen molar-refractivity contribution in [3.8, 4) is 0 Å². The topological polar surface area (TPSA) is 179 Å². The maximum absolute atomic E-state index is 12.4. The van der Waals surface area contributed by atoms with Crippen molar-refractivity contribution in [1.29, 1.82) is 0 Å². The van der Waals surface area contributed by atoms with Crippen LogP contribution in [0.1, 0.15) is 41.0 Å². The van der Waals surface area contributed by atoms with E-state index in [1.807, 2.05) is 0 Å². The van der Waals surface area contributed by atoms with Gasteiger partial charge in [0.2, 0.25) is 12.6 Å². The summed E-state index contributed by atoms with van der Waals surface area (Å²) in [5.74, 6) is -4.83. The minimum atomic E-state index is -1.47. The lowest BCUT2D eigenvalue weighted by atomic mass is 9.83. The van der Waals surface area contributed by atoms with E-state index in [0.717, 1.165) is 20.8 Å². The predicted octanol–water partition coefficient (Wildman–Crippen LogP) is 0.132. The van der Waals surface area contributed by atoms with E-state index < -0.39 is 91.4 Å². The molecule has 0 unspecified atom stereocenters. The van der Waals surface area contributed by atoms with E-state index in [4.69, 9.17) is 37.9 Å². The predicted molar refractivity (Wildman–Crippen MR) is 125 cm³/mol. The number of ether oxygens (including phenoxy) is 8. The molecular weight excluding hydrogens is 524 g/mol. The number of hydrogen-bond donors (Lipinski definition) is 1. The van der Waals surface area contributed by atoms with Crippen molar-refractivity contribution < 1.29 is 67.0 Å². The number of rotatable bonds is 8. The summed E-state index contributed by atoms with van der Waals surface area (Å²) in [6.45, 7) is 5.75. The lowest BCUT2D eigenvalue weighted by molar-refractivity contribution is -0.345. The Hall–Kier alpha value is -3.23. The third-order valence-corrected chi connectivity index (χ3v) is 6.87. The molecule has 2 heterocycles. The van der Waals surface area contributed by atoms with Crippen molar-refractivity contribution in [2.45, 2.75) is 84.1 Å². The zero-order chi connectivity index (χ0) is 29.0. The Morgan fingerprint density at radius 2 is 1.44 bits per heavy atom. The highest BCUT2D eigenvalue weighted by Crippen LogP contribution is 2.49. The summed E-state index contributed by atoms with van der Waals surface area (Å²) in [4.78, 5) is 59.9. The first kappa shape index (κ1) is 30.3. The summed E-state index contributed by atoms with van der Waals surface area (Å²) >= 11 is 0. The fourth-order valence-corrected chi connectivity index (χ4v) is 5.38. The molecule has 0 spiro atoms. The Labute approximate surface area is 224 Å². The number of esters is 5. The number of fused-ring (bicyclic) bond motifs is 1. The molecule has 39 heavy (non-hydrogen) atoms. The van der Waals surface area contributed by atoms with Crippen LogP contribution in [0.25, 0.3) is 0 Å². The average Bonchev–Trinajstić information content (AvgIpc) is 3.16. The van der Waals surface area contributed by atoms with Gasteiger partial charge < -0.3 is 43.0 Å². The third-order valence-electron chi connectivity index (χ3n) is 6.87. The van der Waals surface area contributed by atoms with Gasteiger partial charge in [0.15, 0.2) is 18.3 Å². The average molecular weight is 559 g/mol. The van der Waals surface area contributed by atoms with E-state index >= 15 is 0 Å². The number of methoxy groups -OCH3 is 1. The first-order valence-corrected chi connectivity index (χ1v) is 12.4. The zero-order valence-corrected chi connectivity index (χ0v) is 22.5. The van der Waals surface area contributed by atoms with Crippen molar-refractivity contribution in [3.05, 3.63) is 11.8 Å². The van der Waals surface area contributed by atoms with Gasteiger partial charge in [-0.25, -0.2) is 4.79 Å². The Morgan fingerprint density at radius 3 is 1.97 bits per heavy atom. The molecule has 0 aromatic heterocycles. The molecule has 2 fully saturated rings. The highest BCUT2D eigenvalue weighted by atomic mass is 16.8. The van der Waals surface area contributed by atoms with Gasteiger partial charge in [0.05, 0.1) is 25.6 Å². The van der Waals surface area contributed by atoms with E-state index in [2.05, 4.69) is 0 Å². The van der Waals surface area contributed by atoms with Gasteiger partial charge in [-0.05, 0) is 6.42 Å². The van der Waals surface area contributed by atoms with E-state index in [0.29, 0.717) is 6.42 Å².